The van der Waals surface area contributed by atoms with Gasteiger partial charge in [-0.25, -0.2) is 0 Å². The van der Waals surface area contributed by atoms with E-state index in [0.29, 0.717) is 24.3 Å². The molecule has 29 heavy (non-hydrogen) atoms. The van der Waals surface area contributed by atoms with Crippen molar-refractivity contribution in [3.63, 3.8) is 0 Å². The molecule has 2 aromatic carbocycles. The summed E-state index contributed by atoms with van der Waals surface area (Å²) in [5.74, 6) is -0.968. The Morgan fingerprint density at radius 1 is 1.03 bits per heavy atom. The van der Waals surface area contributed by atoms with Crippen LogP contribution in [0.5, 0.6) is 0 Å². The van der Waals surface area contributed by atoms with Crippen molar-refractivity contribution < 1.29 is 14.4 Å². The number of likely N-dealkylation sites (tertiary alicyclic amines) is 1. The summed E-state index contributed by atoms with van der Waals surface area (Å²) in [6.07, 6.45) is 0.176. The summed E-state index contributed by atoms with van der Waals surface area (Å²) in [5.41, 5.74) is 1.50. The number of nitrogens with one attached hydrogen (secondary N) is 2. The van der Waals surface area contributed by atoms with E-state index in [0.717, 1.165) is 5.56 Å². The Morgan fingerprint density at radius 2 is 1.69 bits per heavy atom. The fourth-order valence-corrected chi connectivity index (χ4v) is 3.34. The molecule has 1 saturated heterocycles. The molecule has 0 aliphatic carbocycles. The Morgan fingerprint density at radius 3 is 2.38 bits per heavy atom. The van der Waals surface area contributed by atoms with Gasteiger partial charge in [-0.3, -0.25) is 14.4 Å². The summed E-state index contributed by atoms with van der Waals surface area (Å²) in [4.78, 5) is 39.4. The third kappa shape index (κ3) is 5.44. The first-order valence-corrected chi connectivity index (χ1v) is 9.77. The smallest absolute Gasteiger partial charge is 0.253 e. The van der Waals surface area contributed by atoms with Crippen molar-refractivity contribution in [1.29, 1.82) is 0 Å². The molecule has 6 heteroatoms. The van der Waals surface area contributed by atoms with Crippen LogP contribution in [0.3, 0.4) is 0 Å². The molecule has 1 aliphatic rings. The quantitative estimate of drug-likeness (QED) is 0.819. The van der Waals surface area contributed by atoms with E-state index in [1.165, 1.54) is 0 Å². The monoisotopic (exact) mass is 393 g/mol. The van der Waals surface area contributed by atoms with Crippen LogP contribution < -0.4 is 10.6 Å². The van der Waals surface area contributed by atoms with Gasteiger partial charge in [-0.05, 0) is 38.5 Å². The molecule has 1 heterocycles. The number of anilines is 1. The number of amides is 3. The van der Waals surface area contributed by atoms with Crippen LogP contribution in [0, 0.1) is 5.92 Å². The number of benzene rings is 2. The molecule has 3 amide bonds. The average Bonchev–Trinajstić information content (AvgIpc) is 3.02. The van der Waals surface area contributed by atoms with E-state index in [4.69, 9.17) is 0 Å². The minimum Gasteiger partial charge on any atom is -0.347 e. The first-order chi connectivity index (χ1) is 13.7. The lowest BCUT2D eigenvalue weighted by molar-refractivity contribution is -0.128. The van der Waals surface area contributed by atoms with Gasteiger partial charge in [0.15, 0.2) is 0 Å². The standard InChI is InChI=1S/C23H27N3O3/c1-23(2,3)25-22(29)18-11-7-8-12-19(18)24-21(28)17-13-20(27)26(15-17)14-16-9-5-4-6-10-16/h4-12,17H,13-15H2,1-3H3,(H,24,28)(H,25,29). The normalized spacial score (nSPS) is 16.6. The molecule has 1 fully saturated rings. The topological polar surface area (TPSA) is 78.5 Å². The molecule has 3 rings (SSSR count). The van der Waals surface area contributed by atoms with Crippen molar-refractivity contribution in [2.75, 3.05) is 11.9 Å². The van der Waals surface area contributed by atoms with E-state index >= 15 is 0 Å². The summed E-state index contributed by atoms with van der Waals surface area (Å²) in [7, 11) is 0. The zero-order valence-corrected chi connectivity index (χ0v) is 17.1. The van der Waals surface area contributed by atoms with E-state index < -0.39 is 5.92 Å². The van der Waals surface area contributed by atoms with Gasteiger partial charge in [0.05, 0.1) is 17.2 Å². The van der Waals surface area contributed by atoms with Crippen molar-refractivity contribution in [1.82, 2.24) is 10.2 Å². The van der Waals surface area contributed by atoms with Crippen LogP contribution in [-0.4, -0.2) is 34.7 Å². The summed E-state index contributed by atoms with van der Waals surface area (Å²) >= 11 is 0. The molecule has 0 spiro atoms. The van der Waals surface area contributed by atoms with Crippen LogP contribution in [0.15, 0.2) is 54.6 Å². The number of para-hydroxylation sites is 1. The Hall–Kier alpha value is -3.15. The maximum Gasteiger partial charge on any atom is 0.253 e. The molecule has 6 nitrogen and oxygen atoms in total. The molecule has 0 bridgehead atoms. The molecule has 1 atom stereocenters. The molecule has 1 aliphatic heterocycles. The third-order valence-corrected chi connectivity index (χ3v) is 4.72. The van der Waals surface area contributed by atoms with Crippen LogP contribution in [0.25, 0.3) is 0 Å². The summed E-state index contributed by atoms with van der Waals surface area (Å²) in [6, 6.07) is 16.6. The van der Waals surface area contributed by atoms with Crippen LogP contribution in [0.4, 0.5) is 5.69 Å². The lowest BCUT2D eigenvalue weighted by Crippen LogP contribution is -2.41. The number of hydrogen-bond acceptors (Lipinski definition) is 3. The Labute approximate surface area is 171 Å². The second-order valence-corrected chi connectivity index (χ2v) is 8.40. The molecular formula is C23H27N3O3. The van der Waals surface area contributed by atoms with E-state index in [-0.39, 0.29) is 29.7 Å². The predicted molar refractivity (Wildman–Crippen MR) is 112 cm³/mol. The van der Waals surface area contributed by atoms with E-state index in [9.17, 15) is 14.4 Å². The number of carbonyl (C=O) groups is 3. The fourth-order valence-electron chi connectivity index (χ4n) is 3.34. The fraction of sp³-hybridized carbons (Fsp3) is 0.348. The number of rotatable bonds is 5. The van der Waals surface area contributed by atoms with E-state index in [2.05, 4.69) is 10.6 Å². The van der Waals surface area contributed by atoms with Gasteiger partial charge in [0.1, 0.15) is 0 Å². The second-order valence-electron chi connectivity index (χ2n) is 8.40. The van der Waals surface area contributed by atoms with Gasteiger partial charge < -0.3 is 15.5 Å². The molecule has 152 valence electrons. The van der Waals surface area contributed by atoms with Crippen LogP contribution >= 0.6 is 0 Å². The molecule has 0 radical (unpaired) electrons. The first-order valence-electron chi connectivity index (χ1n) is 9.77. The van der Waals surface area contributed by atoms with Gasteiger partial charge in [0, 0.05) is 25.0 Å². The van der Waals surface area contributed by atoms with Crippen molar-refractivity contribution in [2.24, 2.45) is 5.92 Å². The summed E-state index contributed by atoms with van der Waals surface area (Å²) in [6.45, 7) is 6.57. The number of carbonyl (C=O) groups excluding carboxylic acids is 3. The summed E-state index contributed by atoms with van der Waals surface area (Å²) in [5, 5.41) is 5.75. The van der Waals surface area contributed by atoms with Gasteiger partial charge in [-0.15, -0.1) is 0 Å². The van der Waals surface area contributed by atoms with Crippen LogP contribution in [0.2, 0.25) is 0 Å². The lowest BCUT2D eigenvalue weighted by atomic mass is 10.1. The second kappa shape index (κ2) is 8.47. The minimum atomic E-state index is -0.440. The number of nitrogens with zero attached hydrogens (tertiary/aromatic N) is 1. The van der Waals surface area contributed by atoms with Gasteiger partial charge in [-0.1, -0.05) is 42.5 Å². The third-order valence-electron chi connectivity index (χ3n) is 4.72. The highest BCUT2D eigenvalue weighted by Gasteiger charge is 2.34. The van der Waals surface area contributed by atoms with Crippen molar-refractivity contribution in [3.05, 3.63) is 65.7 Å². The Kier molecular flexibility index (Phi) is 6.01. The zero-order chi connectivity index (χ0) is 21.0. The largest absolute Gasteiger partial charge is 0.347 e. The van der Waals surface area contributed by atoms with Crippen molar-refractivity contribution in [2.45, 2.75) is 39.3 Å². The van der Waals surface area contributed by atoms with Gasteiger partial charge in [0.2, 0.25) is 11.8 Å². The van der Waals surface area contributed by atoms with Crippen molar-refractivity contribution in [3.8, 4) is 0 Å². The van der Waals surface area contributed by atoms with Gasteiger partial charge >= 0.3 is 0 Å². The molecular weight excluding hydrogens is 366 g/mol. The average molecular weight is 393 g/mol. The SMILES string of the molecule is CC(C)(C)NC(=O)c1ccccc1NC(=O)C1CC(=O)N(Cc2ccccc2)C1. The molecule has 2 aromatic rings. The highest BCUT2D eigenvalue weighted by atomic mass is 16.2. The van der Waals surface area contributed by atoms with Gasteiger partial charge in [-0.2, -0.15) is 0 Å². The molecule has 1 unspecified atom stereocenters. The molecule has 0 saturated carbocycles. The van der Waals surface area contributed by atoms with Gasteiger partial charge in [0.25, 0.3) is 5.91 Å². The van der Waals surface area contributed by atoms with Crippen LogP contribution in [-0.2, 0) is 16.1 Å². The minimum absolute atomic E-state index is 0.0345. The Bertz CT molecular complexity index is 903. The predicted octanol–water partition coefficient (Wildman–Crippen LogP) is 3.20. The lowest BCUT2D eigenvalue weighted by Gasteiger charge is -2.22. The van der Waals surface area contributed by atoms with Crippen molar-refractivity contribution >= 4 is 23.4 Å². The summed E-state index contributed by atoms with van der Waals surface area (Å²) < 4.78 is 0. The first kappa shape index (κ1) is 20.6. The Balaban J connectivity index is 1.67. The molecule has 2 N–H and O–H groups in total. The maximum atomic E-state index is 12.8. The van der Waals surface area contributed by atoms with Crippen LogP contribution in [0.1, 0.15) is 43.1 Å². The van der Waals surface area contributed by atoms with E-state index in [1.807, 2.05) is 51.1 Å². The highest BCUT2D eigenvalue weighted by Crippen LogP contribution is 2.23. The maximum absolute atomic E-state index is 12.8. The number of hydrogen-bond donors (Lipinski definition) is 2. The van der Waals surface area contributed by atoms with E-state index in [1.54, 1.807) is 29.2 Å². The highest BCUT2D eigenvalue weighted by molar-refractivity contribution is 6.05. The zero-order valence-electron chi connectivity index (χ0n) is 17.1. The molecule has 0 aromatic heterocycles.